The first-order valence-electron chi connectivity index (χ1n) is 6.74. The van der Waals surface area contributed by atoms with E-state index in [1.54, 1.807) is 16.7 Å². The molecule has 1 fully saturated rings. The predicted molar refractivity (Wildman–Crippen MR) is 86.2 cm³/mol. The molecule has 1 aromatic carbocycles. The molecule has 1 aliphatic rings. The van der Waals surface area contributed by atoms with Crippen molar-refractivity contribution in [1.82, 2.24) is 4.90 Å². The second-order valence-corrected chi connectivity index (χ2v) is 7.21. The van der Waals surface area contributed by atoms with Crippen molar-refractivity contribution in [2.45, 2.75) is 12.5 Å². The fourth-order valence-electron chi connectivity index (χ4n) is 2.52. The maximum Gasteiger partial charge on any atom is 0.305 e. The average Bonchev–Trinajstić information content (AvgIpc) is 2.90. The van der Waals surface area contributed by atoms with Gasteiger partial charge in [-0.1, -0.05) is 18.2 Å². The smallest absolute Gasteiger partial charge is 0.305 e. The van der Waals surface area contributed by atoms with E-state index in [0.29, 0.717) is 17.2 Å². The van der Waals surface area contributed by atoms with Crippen LogP contribution in [0.2, 0.25) is 0 Å². The summed E-state index contributed by atoms with van der Waals surface area (Å²) in [6, 6.07) is 9.59. The van der Waals surface area contributed by atoms with Crippen LogP contribution in [0.3, 0.4) is 0 Å². The SMILES string of the molecule is O=C(O)CC1CSCCN1C(=O)c1cc2ccccc2s1. The summed E-state index contributed by atoms with van der Waals surface area (Å²) in [4.78, 5) is 26.1. The van der Waals surface area contributed by atoms with Gasteiger partial charge >= 0.3 is 5.97 Å². The van der Waals surface area contributed by atoms with Gasteiger partial charge in [0.2, 0.25) is 0 Å². The second kappa shape index (κ2) is 6.07. The first kappa shape index (κ1) is 14.4. The Morgan fingerprint density at radius 1 is 1.33 bits per heavy atom. The summed E-state index contributed by atoms with van der Waals surface area (Å²) < 4.78 is 1.09. The maximum atomic E-state index is 12.7. The van der Waals surface area contributed by atoms with Gasteiger partial charge in [-0.3, -0.25) is 9.59 Å². The lowest BCUT2D eigenvalue weighted by atomic mass is 10.2. The van der Waals surface area contributed by atoms with Crippen molar-refractivity contribution < 1.29 is 14.7 Å². The highest BCUT2D eigenvalue weighted by atomic mass is 32.2. The highest BCUT2D eigenvalue weighted by Gasteiger charge is 2.30. The second-order valence-electron chi connectivity index (χ2n) is 4.97. The van der Waals surface area contributed by atoms with E-state index >= 15 is 0 Å². The fourth-order valence-corrected chi connectivity index (χ4v) is 4.60. The number of thioether (sulfide) groups is 1. The van der Waals surface area contributed by atoms with Gasteiger partial charge in [0.15, 0.2) is 0 Å². The van der Waals surface area contributed by atoms with Crippen LogP contribution in [0.5, 0.6) is 0 Å². The Bertz CT molecular complexity index is 649. The molecular formula is C15H15NO3S2. The minimum Gasteiger partial charge on any atom is -0.481 e. The monoisotopic (exact) mass is 321 g/mol. The van der Waals surface area contributed by atoms with Crippen LogP contribution in [0, 0.1) is 0 Å². The maximum absolute atomic E-state index is 12.7. The van der Waals surface area contributed by atoms with E-state index in [9.17, 15) is 9.59 Å². The van der Waals surface area contributed by atoms with E-state index in [4.69, 9.17) is 5.11 Å². The largest absolute Gasteiger partial charge is 0.481 e. The van der Waals surface area contributed by atoms with Crippen LogP contribution in [-0.4, -0.2) is 46.0 Å². The van der Waals surface area contributed by atoms with Gasteiger partial charge in [0.25, 0.3) is 5.91 Å². The summed E-state index contributed by atoms with van der Waals surface area (Å²) in [5.41, 5.74) is 0. The summed E-state index contributed by atoms with van der Waals surface area (Å²) in [6.45, 7) is 0.621. The summed E-state index contributed by atoms with van der Waals surface area (Å²) in [7, 11) is 0. The van der Waals surface area contributed by atoms with Crippen LogP contribution in [0.25, 0.3) is 10.1 Å². The minimum absolute atomic E-state index is 0.0175. The van der Waals surface area contributed by atoms with Gasteiger partial charge in [-0.05, 0) is 17.5 Å². The normalized spacial score (nSPS) is 18.9. The Balaban J connectivity index is 1.86. The number of amides is 1. The summed E-state index contributed by atoms with van der Waals surface area (Å²) in [5, 5.41) is 10.1. The number of thiophene rings is 1. The third-order valence-corrected chi connectivity index (χ3v) is 5.73. The summed E-state index contributed by atoms with van der Waals surface area (Å²) in [5.74, 6) is 0.676. The molecule has 1 amide bonds. The number of carboxylic acid groups (broad SMARTS) is 1. The number of fused-ring (bicyclic) bond motifs is 1. The highest BCUT2D eigenvalue weighted by molar-refractivity contribution is 7.99. The zero-order valence-electron chi connectivity index (χ0n) is 11.3. The molecule has 0 spiro atoms. The number of rotatable bonds is 3. The number of nitrogens with zero attached hydrogens (tertiary/aromatic N) is 1. The van der Waals surface area contributed by atoms with E-state index in [-0.39, 0.29) is 18.4 Å². The molecule has 1 unspecified atom stereocenters. The van der Waals surface area contributed by atoms with Crippen LogP contribution < -0.4 is 0 Å². The molecule has 0 aliphatic carbocycles. The lowest BCUT2D eigenvalue weighted by Crippen LogP contribution is -2.46. The van der Waals surface area contributed by atoms with Crippen LogP contribution in [0.15, 0.2) is 30.3 Å². The van der Waals surface area contributed by atoms with Crippen LogP contribution in [0.4, 0.5) is 0 Å². The Morgan fingerprint density at radius 2 is 2.14 bits per heavy atom. The average molecular weight is 321 g/mol. The quantitative estimate of drug-likeness (QED) is 0.944. The summed E-state index contributed by atoms with van der Waals surface area (Å²) in [6.07, 6.45) is 0.0175. The van der Waals surface area contributed by atoms with Crippen LogP contribution >= 0.6 is 23.1 Å². The molecule has 0 bridgehead atoms. The van der Waals surface area contributed by atoms with E-state index in [1.165, 1.54) is 11.3 Å². The molecule has 6 heteroatoms. The highest BCUT2D eigenvalue weighted by Crippen LogP contribution is 2.28. The van der Waals surface area contributed by atoms with Gasteiger partial charge in [0.05, 0.1) is 17.3 Å². The van der Waals surface area contributed by atoms with Crippen molar-refractivity contribution >= 4 is 45.1 Å². The van der Waals surface area contributed by atoms with E-state index in [0.717, 1.165) is 15.8 Å². The number of carboxylic acids is 1. The lowest BCUT2D eigenvalue weighted by molar-refractivity contribution is -0.138. The van der Waals surface area contributed by atoms with Crippen molar-refractivity contribution in [3.63, 3.8) is 0 Å². The predicted octanol–water partition coefficient (Wildman–Crippen LogP) is 2.93. The number of benzene rings is 1. The minimum atomic E-state index is -0.850. The Morgan fingerprint density at radius 3 is 2.90 bits per heavy atom. The van der Waals surface area contributed by atoms with Gasteiger partial charge in [-0.15, -0.1) is 11.3 Å². The van der Waals surface area contributed by atoms with Gasteiger partial charge in [-0.2, -0.15) is 11.8 Å². The third-order valence-electron chi connectivity index (χ3n) is 3.53. The molecule has 110 valence electrons. The summed E-state index contributed by atoms with van der Waals surface area (Å²) >= 11 is 3.19. The number of carbonyl (C=O) groups is 2. The van der Waals surface area contributed by atoms with Crippen molar-refractivity contribution in [2.75, 3.05) is 18.1 Å². The molecular weight excluding hydrogens is 306 g/mol. The molecule has 21 heavy (non-hydrogen) atoms. The van der Waals surface area contributed by atoms with E-state index in [1.807, 2.05) is 30.3 Å². The van der Waals surface area contributed by atoms with Crippen molar-refractivity contribution in [2.24, 2.45) is 0 Å². The Kier molecular flexibility index (Phi) is 4.17. The molecule has 1 saturated heterocycles. The zero-order chi connectivity index (χ0) is 14.8. The third kappa shape index (κ3) is 3.06. The van der Waals surface area contributed by atoms with Crippen LogP contribution in [0.1, 0.15) is 16.1 Å². The van der Waals surface area contributed by atoms with Gasteiger partial charge < -0.3 is 10.0 Å². The molecule has 2 aromatic rings. The lowest BCUT2D eigenvalue weighted by Gasteiger charge is -2.34. The van der Waals surface area contributed by atoms with E-state index < -0.39 is 5.97 Å². The molecule has 0 saturated carbocycles. The Labute approximate surface area is 130 Å². The van der Waals surface area contributed by atoms with Crippen molar-refractivity contribution in [3.8, 4) is 0 Å². The topological polar surface area (TPSA) is 57.6 Å². The fraction of sp³-hybridized carbons (Fsp3) is 0.333. The molecule has 4 nitrogen and oxygen atoms in total. The van der Waals surface area contributed by atoms with Gasteiger partial charge in [0.1, 0.15) is 0 Å². The molecule has 1 aliphatic heterocycles. The molecule has 1 N–H and O–H groups in total. The number of carbonyl (C=O) groups excluding carboxylic acids is 1. The van der Waals surface area contributed by atoms with Gasteiger partial charge in [-0.25, -0.2) is 0 Å². The number of hydrogen-bond acceptors (Lipinski definition) is 4. The Hall–Kier alpha value is -1.53. The number of hydrogen-bond donors (Lipinski definition) is 1. The number of aliphatic carboxylic acids is 1. The molecule has 3 rings (SSSR count). The first-order valence-corrected chi connectivity index (χ1v) is 8.71. The van der Waals surface area contributed by atoms with E-state index in [2.05, 4.69) is 0 Å². The van der Waals surface area contributed by atoms with Crippen molar-refractivity contribution in [1.29, 1.82) is 0 Å². The van der Waals surface area contributed by atoms with Gasteiger partial charge in [0, 0.05) is 22.8 Å². The van der Waals surface area contributed by atoms with Crippen molar-refractivity contribution in [3.05, 3.63) is 35.2 Å². The zero-order valence-corrected chi connectivity index (χ0v) is 13.0. The molecule has 0 radical (unpaired) electrons. The van der Waals surface area contributed by atoms with Crippen LogP contribution in [-0.2, 0) is 4.79 Å². The molecule has 1 aromatic heterocycles. The first-order chi connectivity index (χ1) is 10.1. The molecule has 1 atom stereocenters. The molecule has 2 heterocycles. The standard InChI is InChI=1S/C15H15NO3S2/c17-14(18)8-11-9-20-6-5-16(11)15(19)13-7-10-3-1-2-4-12(10)21-13/h1-4,7,11H,5-6,8-9H2,(H,17,18).